The average molecular weight is 532 g/mol. The Hall–Kier alpha value is -2.44. The van der Waals surface area contributed by atoms with Gasteiger partial charge < -0.3 is 30.5 Å². The Labute approximate surface area is 210 Å². The van der Waals surface area contributed by atoms with E-state index in [9.17, 15) is 9.59 Å². The molecule has 0 bridgehead atoms. The molecule has 1 aromatic carbocycles. The van der Waals surface area contributed by atoms with Crippen molar-refractivity contribution in [1.82, 2.24) is 20.0 Å². The first-order chi connectivity index (χ1) is 16.4. The van der Waals surface area contributed by atoms with Crippen LogP contribution >= 0.6 is 15.9 Å². The Balaban J connectivity index is 1.22. The second kappa shape index (κ2) is 10.9. The zero-order valence-electron chi connectivity index (χ0n) is 19.8. The molecular weight excluding hydrogens is 498 g/mol. The molecule has 0 aliphatic carbocycles. The van der Waals surface area contributed by atoms with E-state index in [1.165, 1.54) is 0 Å². The number of nitrogens with one attached hydrogen (secondary N) is 1. The summed E-state index contributed by atoms with van der Waals surface area (Å²) < 4.78 is 6.46. The third kappa shape index (κ3) is 5.44. The van der Waals surface area contributed by atoms with Crippen molar-refractivity contribution in [3.05, 3.63) is 21.7 Å². The number of piperidine rings is 2. The predicted octanol–water partition coefficient (Wildman–Crippen LogP) is 2.56. The molecule has 3 aliphatic rings. The normalized spacial score (nSPS) is 19.3. The van der Waals surface area contributed by atoms with Crippen LogP contribution in [0, 0.1) is 18.3 Å². The minimum Gasteiger partial charge on any atom is -0.492 e. The van der Waals surface area contributed by atoms with Crippen molar-refractivity contribution in [2.75, 3.05) is 58.7 Å². The van der Waals surface area contributed by atoms with Crippen molar-refractivity contribution in [1.29, 1.82) is 0 Å². The van der Waals surface area contributed by atoms with Crippen molar-refractivity contribution in [2.45, 2.75) is 38.1 Å². The summed E-state index contributed by atoms with van der Waals surface area (Å²) in [5.74, 6) is 3.66. The summed E-state index contributed by atoms with van der Waals surface area (Å²) in [6.07, 6.45) is 9.94. The van der Waals surface area contributed by atoms with Gasteiger partial charge in [-0.25, -0.2) is 4.79 Å². The fraction of sp³-hybridized carbons (Fsp3) is 0.600. The number of hydrogen-bond donors (Lipinski definition) is 2. The van der Waals surface area contributed by atoms with Crippen molar-refractivity contribution in [2.24, 2.45) is 5.92 Å². The lowest BCUT2D eigenvalue weighted by molar-refractivity contribution is 0.0887. The first kappa shape index (κ1) is 24.7. The van der Waals surface area contributed by atoms with Gasteiger partial charge in [0.2, 0.25) is 0 Å². The minimum absolute atomic E-state index is 0.0251. The van der Waals surface area contributed by atoms with Crippen LogP contribution in [0.3, 0.4) is 0 Å². The maximum absolute atomic E-state index is 13.0. The fourth-order valence-electron chi connectivity index (χ4n) is 5.18. The number of terminal acetylenes is 1. The fourth-order valence-corrected chi connectivity index (χ4v) is 5.65. The van der Waals surface area contributed by atoms with Gasteiger partial charge in [-0.1, -0.05) is 5.92 Å². The number of nitrogens with zero attached hydrogens (tertiary/aromatic N) is 3. The van der Waals surface area contributed by atoms with Gasteiger partial charge in [0, 0.05) is 62.3 Å². The van der Waals surface area contributed by atoms with E-state index in [0.717, 1.165) is 74.9 Å². The number of amides is 3. The molecule has 3 amide bonds. The van der Waals surface area contributed by atoms with Gasteiger partial charge in [0.1, 0.15) is 5.75 Å². The Kier molecular flexibility index (Phi) is 7.89. The summed E-state index contributed by atoms with van der Waals surface area (Å²) in [7, 11) is 1.75. The van der Waals surface area contributed by atoms with Crippen LogP contribution in [0.4, 0.5) is 10.5 Å². The molecule has 2 fully saturated rings. The summed E-state index contributed by atoms with van der Waals surface area (Å²) in [4.78, 5) is 31.4. The number of fused-ring (bicyclic) bond motifs is 1. The topological polar surface area (TPSA) is 91.1 Å². The number of halogens is 1. The summed E-state index contributed by atoms with van der Waals surface area (Å²) in [6.45, 7) is 5.46. The molecule has 0 spiro atoms. The van der Waals surface area contributed by atoms with Crippen molar-refractivity contribution < 1.29 is 14.3 Å². The minimum atomic E-state index is -0.0934. The number of ether oxygens (including phenoxy) is 1. The maximum atomic E-state index is 13.0. The number of nitrogens with two attached hydrogens (primary N) is 1. The van der Waals surface area contributed by atoms with Crippen LogP contribution in [0.5, 0.6) is 5.75 Å². The summed E-state index contributed by atoms with van der Waals surface area (Å²) in [6, 6.07) is 1.95. The van der Waals surface area contributed by atoms with Crippen LogP contribution < -0.4 is 15.8 Å². The Morgan fingerprint density at radius 2 is 1.97 bits per heavy atom. The van der Waals surface area contributed by atoms with Crippen LogP contribution in [0.25, 0.3) is 0 Å². The van der Waals surface area contributed by atoms with Gasteiger partial charge in [-0.05, 0) is 53.6 Å². The number of likely N-dealkylation sites (tertiary alicyclic amines) is 2. The highest BCUT2D eigenvalue weighted by Gasteiger charge is 2.29. The third-order valence-electron chi connectivity index (χ3n) is 7.19. The molecule has 0 saturated carbocycles. The van der Waals surface area contributed by atoms with Gasteiger partial charge in [0.05, 0.1) is 24.4 Å². The molecule has 9 heteroatoms. The van der Waals surface area contributed by atoms with Crippen LogP contribution in [0.2, 0.25) is 0 Å². The molecule has 3 N–H and O–H groups in total. The Morgan fingerprint density at radius 3 is 2.65 bits per heavy atom. The van der Waals surface area contributed by atoms with Gasteiger partial charge >= 0.3 is 6.03 Å². The lowest BCUT2D eigenvalue weighted by Crippen LogP contribution is -2.48. The summed E-state index contributed by atoms with van der Waals surface area (Å²) in [5.41, 5.74) is 8.28. The molecule has 3 aliphatic heterocycles. The second-order valence-corrected chi connectivity index (χ2v) is 10.4. The highest BCUT2D eigenvalue weighted by atomic mass is 79.9. The number of carbonyl (C=O) groups excluding carboxylic acids is 2. The van der Waals surface area contributed by atoms with E-state index in [-0.39, 0.29) is 18.0 Å². The average Bonchev–Trinajstić information content (AvgIpc) is 3.33. The Morgan fingerprint density at radius 1 is 1.26 bits per heavy atom. The standard InChI is InChI=1S/C25H34BrN5O3/c1-3-9-29(2)25(33)31-12-4-17(5-13-31)16-30-10-6-18(7-11-30)28-24(32)20-15-21(26)22(27)19-8-14-34-23(19)20/h1,15,17-18H,4-14,16,27H2,2H3,(H,28,32). The number of rotatable bonds is 5. The summed E-state index contributed by atoms with van der Waals surface area (Å²) >= 11 is 3.47. The zero-order valence-corrected chi connectivity index (χ0v) is 21.4. The van der Waals surface area contributed by atoms with Crippen LogP contribution in [-0.2, 0) is 6.42 Å². The molecule has 2 saturated heterocycles. The lowest BCUT2D eigenvalue weighted by Gasteiger charge is -2.38. The van der Waals surface area contributed by atoms with Crippen LogP contribution in [-0.4, -0.2) is 85.6 Å². The predicted molar refractivity (Wildman–Crippen MR) is 136 cm³/mol. The van der Waals surface area contributed by atoms with E-state index in [1.54, 1.807) is 18.0 Å². The SMILES string of the molecule is C#CCN(C)C(=O)N1CCC(CN2CCC(NC(=O)c3cc(Br)c(N)c4c3OCC4)CC2)CC1. The second-order valence-electron chi connectivity index (χ2n) is 9.55. The molecule has 0 atom stereocenters. The van der Waals surface area contributed by atoms with Crippen molar-refractivity contribution >= 4 is 33.6 Å². The number of nitrogen functional groups attached to an aromatic ring is 1. The van der Waals surface area contributed by atoms with E-state index in [1.807, 2.05) is 4.90 Å². The molecule has 0 unspecified atom stereocenters. The largest absolute Gasteiger partial charge is 0.492 e. The maximum Gasteiger partial charge on any atom is 0.320 e. The van der Waals surface area contributed by atoms with E-state index in [4.69, 9.17) is 16.9 Å². The van der Waals surface area contributed by atoms with Gasteiger partial charge in [0.15, 0.2) is 0 Å². The van der Waals surface area contributed by atoms with Gasteiger partial charge in [0.25, 0.3) is 5.91 Å². The molecule has 0 radical (unpaired) electrons. The smallest absolute Gasteiger partial charge is 0.320 e. The highest BCUT2D eigenvalue weighted by molar-refractivity contribution is 9.10. The number of carbonyl (C=O) groups is 2. The zero-order chi connectivity index (χ0) is 24.2. The lowest BCUT2D eigenvalue weighted by atomic mass is 9.94. The molecule has 4 rings (SSSR count). The molecule has 1 aromatic rings. The van der Waals surface area contributed by atoms with Gasteiger partial charge in [-0.3, -0.25) is 4.79 Å². The van der Waals surface area contributed by atoms with Crippen molar-refractivity contribution in [3.63, 3.8) is 0 Å². The third-order valence-corrected chi connectivity index (χ3v) is 7.85. The van der Waals surface area contributed by atoms with E-state index in [2.05, 4.69) is 32.1 Å². The van der Waals surface area contributed by atoms with E-state index in [0.29, 0.717) is 36.1 Å². The molecule has 0 aromatic heterocycles. The highest BCUT2D eigenvalue weighted by Crippen LogP contribution is 2.39. The first-order valence-electron chi connectivity index (χ1n) is 12.1. The van der Waals surface area contributed by atoms with Gasteiger partial charge in [-0.15, -0.1) is 6.42 Å². The molecular formula is C25H34BrN5O3. The number of benzene rings is 1. The van der Waals surface area contributed by atoms with E-state index >= 15 is 0 Å². The monoisotopic (exact) mass is 531 g/mol. The Bertz CT molecular complexity index is 962. The number of hydrogen-bond acceptors (Lipinski definition) is 5. The van der Waals surface area contributed by atoms with Gasteiger partial charge in [-0.2, -0.15) is 0 Å². The molecule has 34 heavy (non-hydrogen) atoms. The quantitative estimate of drug-likeness (QED) is 0.450. The van der Waals surface area contributed by atoms with Crippen molar-refractivity contribution in [3.8, 4) is 18.1 Å². The summed E-state index contributed by atoms with van der Waals surface area (Å²) in [5, 5.41) is 3.20. The molecule has 3 heterocycles. The van der Waals surface area contributed by atoms with E-state index < -0.39 is 0 Å². The number of anilines is 1. The first-order valence-corrected chi connectivity index (χ1v) is 12.9. The number of urea groups is 1. The van der Waals surface area contributed by atoms with Crippen LogP contribution in [0.15, 0.2) is 10.5 Å². The molecule has 184 valence electrons. The molecule has 8 nitrogen and oxygen atoms in total. The van der Waals surface area contributed by atoms with Crippen LogP contribution in [0.1, 0.15) is 41.6 Å².